The number of hydrogen-bond donors (Lipinski definition) is 0. The topological polar surface area (TPSA) is 79.4 Å². The fraction of sp³-hybridized carbons (Fsp3) is 0.182. The van der Waals surface area contributed by atoms with Crippen LogP contribution in [0.5, 0.6) is 11.5 Å². The number of benzene rings is 2. The lowest BCUT2D eigenvalue weighted by molar-refractivity contribution is 0.355. The van der Waals surface area contributed by atoms with Crippen LogP contribution in [0.1, 0.15) is 11.1 Å². The number of ether oxygens (including phenoxy) is 2. The average Bonchev–Trinajstić information content (AvgIpc) is 3.37. The molecule has 0 atom stereocenters. The van der Waals surface area contributed by atoms with E-state index in [1.807, 2.05) is 27.3 Å². The Bertz CT molecular complexity index is 1400. The molecule has 0 saturated heterocycles. The van der Waals surface area contributed by atoms with Crippen molar-refractivity contribution in [3.05, 3.63) is 60.0 Å². The first-order chi connectivity index (χ1) is 14.6. The zero-order chi connectivity index (χ0) is 20.8. The van der Waals surface area contributed by atoms with Gasteiger partial charge in [0.15, 0.2) is 28.6 Å². The van der Waals surface area contributed by atoms with Crippen LogP contribution in [0.2, 0.25) is 0 Å². The third-order valence-electron chi connectivity index (χ3n) is 5.20. The Morgan fingerprint density at radius 1 is 0.867 bits per heavy atom. The van der Waals surface area contributed by atoms with Crippen molar-refractivity contribution in [1.29, 1.82) is 0 Å². The summed E-state index contributed by atoms with van der Waals surface area (Å²) in [5, 5.41) is 14.2. The second kappa shape index (κ2) is 6.84. The number of aromatic nitrogens is 6. The molecule has 0 aliphatic rings. The largest absolute Gasteiger partial charge is 0.493 e. The van der Waals surface area contributed by atoms with Gasteiger partial charge in [-0.3, -0.25) is 4.40 Å². The molecule has 0 bridgehead atoms. The molecule has 150 valence electrons. The smallest absolute Gasteiger partial charge is 0.175 e. The van der Waals surface area contributed by atoms with Gasteiger partial charge in [0, 0.05) is 5.56 Å². The summed E-state index contributed by atoms with van der Waals surface area (Å²) in [4.78, 5) is 4.67. The van der Waals surface area contributed by atoms with E-state index in [0.717, 1.165) is 27.8 Å². The maximum Gasteiger partial charge on any atom is 0.175 e. The van der Waals surface area contributed by atoms with Crippen LogP contribution < -0.4 is 9.47 Å². The lowest BCUT2D eigenvalue weighted by Crippen LogP contribution is -2.01. The van der Waals surface area contributed by atoms with E-state index in [1.165, 1.54) is 5.56 Å². The van der Waals surface area contributed by atoms with Gasteiger partial charge in [0.25, 0.3) is 0 Å². The number of methoxy groups -OCH3 is 2. The van der Waals surface area contributed by atoms with Crippen LogP contribution in [-0.4, -0.2) is 43.6 Å². The van der Waals surface area contributed by atoms with Crippen LogP contribution in [-0.2, 0) is 0 Å². The van der Waals surface area contributed by atoms with Gasteiger partial charge in [0.1, 0.15) is 6.33 Å². The van der Waals surface area contributed by atoms with E-state index < -0.39 is 0 Å². The van der Waals surface area contributed by atoms with Crippen LogP contribution in [0, 0.1) is 13.8 Å². The van der Waals surface area contributed by atoms with Crippen molar-refractivity contribution in [2.24, 2.45) is 0 Å². The molecule has 30 heavy (non-hydrogen) atoms. The molecule has 0 amide bonds. The molecular formula is C22H20N6O2. The number of rotatable bonds is 4. The summed E-state index contributed by atoms with van der Waals surface area (Å²) in [5.74, 6) is 1.95. The molecule has 0 radical (unpaired) electrons. The van der Waals surface area contributed by atoms with Crippen molar-refractivity contribution < 1.29 is 9.47 Å². The molecule has 0 fully saturated rings. The molecule has 5 rings (SSSR count). The van der Waals surface area contributed by atoms with Crippen LogP contribution >= 0.6 is 0 Å². The monoisotopic (exact) mass is 400 g/mol. The van der Waals surface area contributed by atoms with Crippen LogP contribution in [0.3, 0.4) is 0 Å². The van der Waals surface area contributed by atoms with Crippen LogP contribution in [0.15, 0.2) is 48.9 Å². The zero-order valence-electron chi connectivity index (χ0n) is 17.1. The predicted molar refractivity (Wildman–Crippen MR) is 113 cm³/mol. The highest BCUT2D eigenvalue weighted by atomic mass is 16.5. The van der Waals surface area contributed by atoms with E-state index in [9.17, 15) is 0 Å². The highest BCUT2D eigenvalue weighted by molar-refractivity contribution is 5.90. The van der Waals surface area contributed by atoms with Crippen molar-refractivity contribution in [2.45, 2.75) is 13.8 Å². The van der Waals surface area contributed by atoms with Crippen molar-refractivity contribution in [3.8, 4) is 28.6 Å². The fourth-order valence-electron chi connectivity index (χ4n) is 3.71. The molecule has 2 aromatic carbocycles. The van der Waals surface area contributed by atoms with E-state index in [2.05, 4.69) is 52.3 Å². The Morgan fingerprint density at radius 2 is 1.70 bits per heavy atom. The summed E-state index contributed by atoms with van der Waals surface area (Å²) in [6.45, 7) is 4.15. The number of nitrogens with zero attached hydrogens (tertiary/aromatic N) is 6. The minimum Gasteiger partial charge on any atom is -0.493 e. The number of aryl methyl sites for hydroxylation is 2. The van der Waals surface area contributed by atoms with Gasteiger partial charge in [0.05, 0.1) is 31.5 Å². The van der Waals surface area contributed by atoms with Gasteiger partial charge in [-0.2, -0.15) is 5.10 Å². The molecule has 3 heterocycles. The summed E-state index contributed by atoms with van der Waals surface area (Å²) >= 11 is 0. The molecule has 3 aromatic heterocycles. The average molecular weight is 400 g/mol. The molecule has 0 N–H and O–H groups in total. The van der Waals surface area contributed by atoms with Gasteiger partial charge < -0.3 is 9.47 Å². The first kappa shape index (κ1) is 18.1. The molecule has 0 saturated carbocycles. The van der Waals surface area contributed by atoms with E-state index in [-0.39, 0.29) is 0 Å². The fourth-order valence-corrected chi connectivity index (χ4v) is 3.71. The molecule has 0 aliphatic carbocycles. The Labute approximate surface area is 172 Å². The molecule has 0 spiro atoms. The van der Waals surface area contributed by atoms with Crippen molar-refractivity contribution >= 4 is 16.7 Å². The number of hydrogen-bond acceptors (Lipinski definition) is 6. The predicted octanol–water partition coefficient (Wildman–Crippen LogP) is 3.76. The molecule has 8 nitrogen and oxygen atoms in total. The standard InChI is InChI=1S/C22H20N6O2/c1-13-5-7-17(14(2)9-13)28-21-16(11-24-28)22-26-25-20(27(22)12-23-21)15-6-8-18(29-3)19(10-15)30-4/h5-12H,1-4H3. The van der Waals surface area contributed by atoms with E-state index in [4.69, 9.17) is 9.47 Å². The second-order valence-corrected chi connectivity index (χ2v) is 7.12. The number of fused-ring (bicyclic) bond motifs is 3. The maximum atomic E-state index is 5.42. The van der Waals surface area contributed by atoms with Crippen molar-refractivity contribution in [1.82, 2.24) is 29.4 Å². The van der Waals surface area contributed by atoms with E-state index in [0.29, 0.717) is 23.0 Å². The van der Waals surface area contributed by atoms with Crippen LogP contribution in [0.4, 0.5) is 0 Å². The Morgan fingerprint density at radius 3 is 2.47 bits per heavy atom. The van der Waals surface area contributed by atoms with E-state index in [1.54, 1.807) is 26.7 Å². The minimum absolute atomic E-state index is 0.628. The minimum atomic E-state index is 0.628. The summed E-state index contributed by atoms with van der Waals surface area (Å²) < 4.78 is 14.4. The van der Waals surface area contributed by atoms with Gasteiger partial charge in [0.2, 0.25) is 0 Å². The lowest BCUT2D eigenvalue weighted by atomic mass is 10.1. The maximum absolute atomic E-state index is 5.42. The van der Waals surface area contributed by atoms with Crippen LogP contribution in [0.25, 0.3) is 33.8 Å². The van der Waals surface area contributed by atoms with Crippen molar-refractivity contribution in [3.63, 3.8) is 0 Å². The Kier molecular flexibility index (Phi) is 4.13. The molecule has 8 heteroatoms. The molecule has 0 unspecified atom stereocenters. The quantitative estimate of drug-likeness (QED) is 0.457. The molecule has 0 aliphatic heterocycles. The zero-order valence-corrected chi connectivity index (χ0v) is 17.1. The van der Waals surface area contributed by atoms with Crippen molar-refractivity contribution in [2.75, 3.05) is 14.2 Å². The normalized spacial score (nSPS) is 11.3. The Balaban J connectivity index is 1.67. The third kappa shape index (κ3) is 2.68. The van der Waals surface area contributed by atoms with Gasteiger partial charge in [-0.25, -0.2) is 9.67 Å². The van der Waals surface area contributed by atoms with Gasteiger partial charge >= 0.3 is 0 Å². The highest BCUT2D eigenvalue weighted by Gasteiger charge is 2.17. The first-order valence-corrected chi connectivity index (χ1v) is 9.48. The van der Waals surface area contributed by atoms with E-state index >= 15 is 0 Å². The summed E-state index contributed by atoms with van der Waals surface area (Å²) in [7, 11) is 3.22. The first-order valence-electron chi connectivity index (χ1n) is 9.48. The summed E-state index contributed by atoms with van der Waals surface area (Å²) in [5.41, 5.74) is 5.62. The SMILES string of the molecule is COc1ccc(-c2nnc3c4cnn(-c5ccc(C)cc5C)c4ncn23)cc1OC. The van der Waals surface area contributed by atoms with Gasteiger partial charge in [-0.05, 0) is 43.7 Å². The Hall–Kier alpha value is -3.94. The molecular weight excluding hydrogens is 380 g/mol. The van der Waals surface area contributed by atoms with Gasteiger partial charge in [-0.1, -0.05) is 17.7 Å². The highest BCUT2D eigenvalue weighted by Crippen LogP contribution is 2.32. The third-order valence-corrected chi connectivity index (χ3v) is 5.20. The van der Waals surface area contributed by atoms with Gasteiger partial charge in [-0.15, -0.1) is 10.2 Å². The second-order valence-electron chi connectivity index (χ2n) is 7.12. The lowest BCUT2D eigenvalue weighted by Gasteiger charge is -2.09. The molecule has 5 aromatic rings. The summed E-state index contributed by atoms with van der Waals surface area (Å²) in [6, 6.07) is 11.9. The summed E-state index contributed by atoms with van der Waals surface area (Å²) in [6.07, 6.45) is 3.51.